The number of hydrogen-bond acceptors (Lipinski definition) is 2. The SMILES string of the molecule is CC(C1CC1)N(C)C(=O)N(CC(=O)O)C1CC1. The van der Waals surface area contributed by atoms with Crippen LogP contribution in [-0.4, -0.2) is 52.6 Å². The summed E-state index contributed by atoms with van der Waals surface area (Å²) in [6.07, 6.45) is 4.23. The summed E-state index contributed by atoms with van der Waals surface area (Å²) in [6.45, 7) is 1.87. The first kappa shape index (κ1) is 12.2. The van der Waals surface area contributed by atoms with Gasteiger partial charge < -0.3 is 14.9 Å². The van der Waals surface area contributed by atoms with Crippen LogP contribution in [0.2, 0.25) is 0 Å². The molecule has 1 unspecified atom stereocenters. The fourth-order valence-corrected chi connectivity index (χ4v) is 2.16. The van der Waals surface area contributed by atoms with Gasteiger partial charge in [0.05, 0.1) is 0 Å². The van der Waals surface area contributed by atoms with Gasteiger partial charge in [0.25, 0.3) is 0 Å². The molecular formula is C12H20N2O3. The second-order valence-corrected chi connectivity index (χ2v) is 5.22. The van der Waals surface area contributed by atoms with Crippen molar-refractivity contribution in [2.75, 3.05) is 13.6 Å². The highest BCUT2D eigenvalue weighted by Gasteiger charge is 2.39. The molecule has 2 fully saturated rings. The van der Waals surface area contributed by atoms with Crippen molar-refractivity contribution in [3.8, 4) is 0 Å². The number of carbonyl (C=O) groups excluding carboxylic acids is 1. The van der Waals surface area contributed by atoms with Crippen LogP contribution in [0, 0.1) is 5.92 Å². The fourth-order valence-electron chi connectivity index (χ4n) is 2.16. The molecule has 0 spiro atoms. The smallest absolute Gasteiger partial charge is 0.323 e. The van der Waals surface area contributed by atoms with Crippen molar-refractivity contribution in [3.63, 3.8) is 0 Å². The number of aliphatic carboxylic acids is 1. The molecule has 96 valence electrons. The monoisotopic (exact) mass is 240 g/mol. The Morgan fingerprint density at radius 2 is 1.88 bits per heavy atom. The van der Waals surface area contributed by atoms with Gasteiger partial charge in [-0.15, -0.1) is 0 Å². The molecule has 1 N–H and O–H groups in total. The summed E-state index contributed by atoms with van der Waals surface area (Å²) in [6, 6.07) is 0.235. The second kappa shape index (κ2) is 4.55. The molecule has 2 aliphatic rings. The fraction of sp³-hybridized carbons (Fsp3) is 0.833. The predicted molar refractivity (Wildman–Crippen MR) is 62.7 cm³/mol. The zero-order chi connectivity index (χ0) is 12.6. The lowest BCUT2D eigenvalue weighted by Gasteiger charge is -2.31. The summed E-state index contributed by atoms with van der Waals surface area (Å²) in [5.41, 5.74) is 0. The second-order valence-electron chi connectivity index (χ2n) is 5.22. The Labute approximate surface area is 101 Å². The van der Waals surface area contributed by atoms with E-state index < -0.39 is 5.97 Å². The van der Waals surface area contributed by atoms with Crippen molar-refractivity contribution in [2.45, 2.75) is 44.7 Å². The summed E-state index contributed by atoms with van der Waals surface area (Å²) in [7, 11) is 1.78. The molecule has 2 rings (SSSR count). The normalized spacial score (nSPS) is 20.8. The van der Waals surface area contributed by atoms with Crippen molar-refractivity contribution in [2.24, 2.45) is 5.92 Å². The molecule has 0 bridgehead atoms. The summed E-state index contributed by atoms with van der Waals surface area (Å²) in [5.74, 6) is -0.326. The van der Waals surface area contributed by atoms with E-state index in [9.17, 15) is 9.59 Å². The van der Waals surface area contributed by atoms with E-state index in [0.29, 0.717) is 5.92 Å². The highest BCUT2D eigenvalue weighted by Crippen LogP contribution is 2.35. The third kappa shape index (κ3) is 2.90. The van der Waals surface area contributed by atoms with Gasteiger partial charge in [0, 0.05) is 19.1 Å². The van der Waals surface area contributed by atoms with E-state index >= 15 is 0 Å². The van der Waals surface area contributed by atoms with Crippen molar-refractivity contribution < 1.29 is 14.7 Å². The van der Waals surface area contributed by atoms with Crippen LogP contribution in [0.4, 0.5) is 4.79 Å². The Morgan fingerprint density at radius 1 is 1.29 bits per heavy atom. The Morgan fingerprint density at radius 3 is 2.29 bits per heavy atom. The Hall–Kier alpha value is -1.26. The zero-order valence-corrected chi connectivity index (χ0v) is 10.4. The minimum Gasteiger partial charge on any atom is -0.480 e. The molecule has 17 heavy (non-hydrogen) atoms. The highest BCUT2D eigenvalue weighted by molar-refractivity contribution is 5.80. The van der Waals surface area contributed by atoms with Crippen LogP contribution in [0.1, 0.15) is 32.6 Å². The minimum atomic E-state index is -0.933. The van der Waals surface area contributed by atoms with E-state index in [1.807, 2.05) is 6.92 Å². The van der Waals surface area contributed by atoms with Gasteiger partial charge in [-0.1, -0.05) is 0 Å². The van der Waals surface area contributed by atoms with Crippen molar-refractivity contribution in [1.29, 1.82) is 0 Å². The number of amides is 2. The average Bonchev–Trinajstić information content (AvgIpc) is 3.15. The minimum absolute atomic E-state index is 0.130. The lowest BCUT2D eigenvalue weighted by atomic mass is 10.2. The molecule has 0 aromatic rings. The number of carboxylic acid groups (broad SMARTS) is 1. The zero-order valence-electron chi connectivity index (χ0n) is 10.4. The number of urea groups is 1. The van der Waals surface area contributed by atoms with E-state index in [0.717, 1.165) is 12.8 Å². The van der Waals surface area contributed by atoms with Gasteiger partial charge in [-0.25, -0.2) is 4.79 Å². The van der Waals surface area contributed by atoms with Crippen molar-refractivity contribution in [1.82, 2.24) is 9.80 Å². The molecule has 5 nitrogen and oxygen atoms in total. The molecular weight excluding hydrogens is 220 g/mol. The Kier molecular flexibility index (Phi) is 3.26. The van der Waals surface area contributed by atoms with E-state index in [4.69, 9.17) is 5.11 Å². The molecule has 0 aliphatic heterocycles. The van der Waals surface area contributed by atoms with Gasteiger partial charge in [-0.3, -0.25) is 4.79 Å². The molecule has 2 aliphatic carbocycles. The number of carbonyl (C=O) groups is 2. The van der Waals surface area contributed by atoms with Gasteiger partial charge in [0.1, 0.15) is 6.54 Å². The van der Waals surface area contributed by atoms with Gasteiger partial charge >= 0.3 is 12.0 Å². The first-order chi connectivity index (χ1) is 8.00. The molecule has 0 aromatic carbocycles. The number of carboxylic acids is 1. The van der Waals surface area contributed by atoms with Crippen LogP contribution in [0.5, 0.6) is 0 Å². The van der Waals surface area contributed by atoms with E-state index in [1.54, 1.807) is 11.9 Å². The summed E-state index contributed by atoms with van der Waals surface area (Å²) in [5, 5.41) is 8.84. The van der Waals surface area contributed by atoms with Crippen LogP contribution < -0.4 is 0 Å². The standard InChI is InChI=1S/C12H20N2O3/c1-8(9-3-4-9)13(2)12(17)14(7-11(15)16)10-5-6-10/h8-10H,3-7H2,1-2H3,(H,15,16). The lowest BCUT2D eigenvalue weighted by molar-refractivity contribution is -0.137. The van der Waals surface area contributed by atoms with Crippen LogP contribution >= 0.6 is 0 Å². The molecule has 0 saturated heterocycles. The number of nitrogens with zero attached hydrogens (tertiary/aromatic N) is 2. The third-order valence-corrected chi connectivity index (χ3v) is 3.76. The van der Waals surface area contributed by atoms with E-state index in [2.05, 4.69) is 0 Å². The summed E-state index contributed by atoms with van der Waals surface area (Å²) >= 11 is 0. The Balaban J connectivity index is 1.96. The van der Waals surface area contributed by atoms with Crippen molar-refractivity contribution in [3.05, 3.63) is 0 Å². The first-order valence-electron chi connectivity index (χ1n) is 6.26. The number of rotatable bonds is 5. The largest absolute Gasteiger partial charge is 0.480 e. The molecule has 2 amide bonds. The molecule has 1 atom stereocenters. The van der Waals surface area contributed by atoms with Crippen molar-refractivity contribution >= 4 is 12.0 Å². The maximum Gasteiger partial charge on any atom is 0.323 e. The van der Waals surface area contributed by atoms with Crippen LogP contribution in [-0.2, 0) is 4.79 Å². The summed E-state index contributed by atoms with van der Waals surface area (Å²) in [4.78, 5) is 26.2. The Bertz CT molecular complexity index is 324. The number of hydrogen-bond donors (Lipinski definition) is 1. The van der Waals surface area contributed by atoms with Crippen LogP contribution in [0.3, 0.4) is 0 Å². The van der Waals surface area contributed by atoms with E-state index in [-0.39, 0.29) is 24.7 Å². The van der Waals surface area contributed by atoms with Gasteiger partial charge in [0.2, 0.25) is 0 Å². The van der Waals surface area contributed by atoms with Crippen LogP contribution in [0.15, 0.2) is 0 Å². The summed E-state index contributed by atoms with van der Waals surface area (Å²) < 4.78 is 0. The van der Waals surface area contributed by atoms with E-state index in [1.165, 1.54) is 17.7 Å². The molecule has 0 heterocycles. The molecule has 5 heteroatoms. The van der Waals surface area contributed by atoms with Crippen LogP contribution in [0.25, 0.3) is 0 Å². The quantitative estimate of drug-likeness (QED) is 0.789. The maximum absolute atomic E-state index is 12.2. The maximum atomic E-state index is 12.2. The molecule has 2 saturated carbocycles. The van der Waals surface area contributed by atoms with Gasteiger partial charge in [0.15, 0.2) is 0 Å². The molecule has 0 aromatic heterocycles. The predicted octanol–water partition coefficient (Wildman–Crippen LogP) is 1.39. The lowest BCUT2D eigenvalue weighted by Crippen LogP contribution is -2.48. The average molecular weight is 240 g/mol. The highest BCUT2D eigenvalue weighted by atomic mass is 16.4. The van der Waals surface area contributed by atoms with Gasteiger partial charge in [-0.2, -0.15) is 0 Å². The topological polar surface area (TPSA) is 60.9 Å². The first-order valence-corrected chi connectivity index (χ1v) is 6.26. The third-order valence-electron chi connectivity index (χ3n) is 3.76. The molecule has 0 radical (unpaired) electrons. The van der Waals surface area contributed by atoms with Gasteiger partial charge in [-0.05, 0) is 38.5 Å².